The van der Waals surface area contributed by atoms with Gasteiger partial charge in [-0.25, -0.2) is 0 Å². The largest absolute Gasteiger partial charge is 0.493 e. The van der Waals surface area contributed by atoms with Crippen molar-refractivity contribution in [1.29, 1.82) is 5.26 Å². The van der Waals surface area contributed by atoms with Gasteiger partial charge in [0.2, 0.25) is 0 Å². The van der Waals surface area contributed by atoms with E-state index >= 15 is 0 Å². The molecule has 0 saturated carbocycles. The van der Waals surface area contributed by atoms with Crippen LogP contribution in [0, 0.1) is 11.3 Å². The lowest BCUT2D eigenvalue weighted by Gasteiger charge is -2.10. The predicted molar refractivity (Wildman–Crippen MR) is 65.9 cm³/mol. The molecule has 0 amide bonds. The van der Waals surface area contributed by atoms with E-state index in [9.17, 15) is 0 Å². The molecular formula is C13H17NO4. The SMILES string of the molecule is COCCOCCOc1ccc(C#N)cc1OC. The molecule has 5 nitrogen and oxygen atoms in total. The molecule has 0 bridgehead atoms. The number of methoxy groups -OCH3 is 2. The molecular weight excluding hydrogens is 234 g/mol. The number of nitriles is 1. The van der Waals surface area contributed by atoms with E-state index in [0.29, 0.717) is 43.5 Å². The van der Waals surface area contributed by atoms with Gasteiger partial charge in [0.25, 0.3) is 0 Å². The average Bonchev–Trinajstić information content (AvgIpc) is 2.42. The van der Waals surface area contributed by atoms with Crippen molar-refractivity contribution in [2.24, 2.45) is 0 Å². The summed E-state index contributed by atoms with van der Waals surface area (Å²) in [6.45, 7) is 2.02. The number of rotatable bonds is 8. The summed E-state index contributed by atoms with van der Waals surface area (Å²) in [5.74, 6) is 1.15. The van der Waals surface area contributed by atoms with Crippen LogP contribution in [0.15, 0.2) is 18.2 Å². The zero-order valence-corrected chi connectivity index (χ0v) is 10.6. The quantitative estimate of drug-likeness (QED) is 0.657. The van der Waals surface area contributed by atoms with E-state index in [1.54, 1.807) is 32.4 Å². The van der Waals surface area contributed by atoms with Crippen molar-refractivity contribution in [1.82, 2.24) is 0 Å². The summed E-state index contributed by atoms with van der Waals surface area (Å²) in [4.78, 5) is 0. The second-order valence-electron chi connectivity index (χ2n) is 3.43. The fourth-order valence-corrected chi connectivity index (χ4v) is 1.31. The third-order valence-corrected chi connectivity index (χ3v) is 2.21. The van der Waals surface area contributed by atoms with Crippen molar-refractivity contribution in [3.05, 3.63) is 23.8 Å². The number of ether oxygens (including phenoxy) is 4. The van der Waals surface area contributed by atoms with Crippen LogP contribution in [0.3, 0.4) is 0 Å². The van der Waals surface area contributed by atoms with Crippen LogP contribution in [0.5, 0.6) is 11.5 Å². The van der Waals surface area contributed by atoms with Gasteiger partial charge in [0, 0.05) is 13.2 Å². The van der Waals surface area contributed by atoms with Gasteiger partial charge in [0.15, 0.2) is 11.5 Å². The van der Waals surface area contributed by atoms with Crippen LogP contribution < -0.4 is 9.47 Å². The summed E-state index contributed by atoms with van der Waals surface area (Å²) < 4.78 is 20.8. The molecule has 1 aromatic carbocycles. The lowest BCUT2D eigenvalue weighted by Crippen LogP contribution is -2.10. The van der Waals surface area contributed by atoms with E-state index in [-0.39, 0.29) is 0 Å². The number of nitrogens with zero attached hydrogens (tertiary/aromatic N) is 1. The van der Waals surface area contributed by atoms with Crippen molar-refractivity contribution in [2.45, 2.75) is 0 Å². The van der Waals surface area contributed by atoms with E-state index in [1.807, 2.05) is 6.07 Å². The molecule has 0 N–H and O–H groups in total. The highest BCUT2D eigenvalue weighted by Crippen LogP contribution is 2.27. The number of benzene rings is 1. The van der Waals surface area contributed by atoms with Crippen molar-refractivity contribution >= 4 is 0 Å². The Hall–Kier alpha value is -1.77. The van der Waals surface area contributed by atoms with Crippen LogP contribution in [0.4, 0.5) is 0 Å². The van der Waals surface area contributed by atoms with Crippen molar-refractivity contribution < 1.29 is 18.9 Å². The molecule has 0 atom stereocenters. The Morgan fingerprint density at radius 1 is 1.06 bits per heavy atom. The molecule has 0 radical (unpaired) electrons. The molecule has 18 heavy (non-hydrogen) atoms. The van der Waals surface area contributed by atoms with Gasteiger partial charge in [-0.2, -0.15) is 5.26 Å². The zero-order valence-electron chi connectivity index (χ0n) is 10.6. The van der Waals surface area contributed by atoms with Crippen LogP contribution in [-0.4, -0.2) is 40.6 Å². The van der Waals surface area contributed by atoms with E-state index in [4.69, 9.17) is 24.2 Å². The fourth-order valence-electron chi connectivity index (χ4n) is 1.31. The molecule has 98 valence electrons. The monoisotopic (exact) mass is 251 g/mol. The molecule has 0 heterocycles. The van der Waals surface area contributed by atoms with Gasteiger partial charge in [-0.3, -0.25) is 0 Å². The van der Waals surface area contributed by atoms with Crippen LogP contribution in [-0.2, 0) is 9.47 Å². The van der Waals surface area contributed by atoms with E-state index in [0.717, 1.165) is 0 Å². The van der Waals surface area contributed by atoms with Crippen molar-refractivity contribution in [2.75, 3.05) is 40.6 Å². The Labute approximate surface area is 107 Å². The van der Waals surface area contributed by atoms with Gasteiger partial charge >= 0.3 is 0 Å². The maximum Gasteiger partial charge on any atom is 0.162 e. The third-order valence-electron chi connectivity index (χ3n) is 2.21. The molecule has 0 aliphatic rings. The smallest absolute Gasteiger partial charge is 0.162 e. The summed E-state index contributed by atoms with van der Waals surface area (Å²) in [6, 6.07) is 7.08. The zero-order chi connectivity index (χ0) is 13.2. The van der Waals surface area contributed by atoms with Crippen LogP contribution in [0.25, 0.3) is 0 Å². The first kappa shape index (κ1) is 14.3. The molecule has 0 aromatic heterocycles. The maximum atomic E-state index is 8.77. The maximum absolute atomic E-state index is 8.77. The normalized spacial score (nSPS) is 9.83. The molecule has 0 aliphatic heterocycles. The highest BCUT2D eigenvalue weighted by Gasteiger charge is 2.05. The first-order valence-electron chi connectivity index (χ1n) is 5.59. The summed E-state index contributed by atoms with van der Waals surface area (Å²) in [5, 5.41) is 8.77. The van der Waals surface area contributed by atoms with Gasteiger partial charge in [-0.1, -0.05) is 0 Å². The minimum Gasteiger partial charge on any atom is -0.493 e. The standard InChI is InChI=1S/C13H17NO4/c1-15-5-6-17-7-8-18-12-4-3-11(10-14)9-13(12)16-2/h3-4,9H,5-8H2,1-2H3. The molecule has 0 saturated heterocycles. The Bertz CT molecular complexity index is 400. The summed E-state index contributed by atoms with van der Waals surface area (Å²) in [7, 11) is 3.17. The fraction of sp³-hybridized carbons (Fsp3) is 0.462. The van der Waals surface area contributed by atoms with Gasteiger partial charge in [-0.15, -0.1) is 0 Å². The molecule has 0 fully saturated rings. The predicted octanol–water partition coefficient (Wildman–Crippen LogP) is 1.61. The highest BCUT2D eigenvalue weighted by atomic mass is 16.5. The Balaban J connectivity index is 2.40. The molecule has 1 aromatic rings. The van der Waals surface area contributed by atoms with Crippen molar-refractivity contribution in [3.8, 4) is 17.6 Å². The minimum absolute atomic E-state index is 0.423. The molecule has 0 aliphatic carbocycles. The van der Waals surface area contributed by atoms with E-state index in [2.05, 4.69) is 0 Å². The van der Waals surface area contributed by atoms with Gasteiger partial charge in [-0.05, 0) is 12.1 Å². The van der Waals surface area contributed by atoms with Gasteiger partial charge in [0.05, 0.1) is 38.6 Å². The Kier molecular flexibility index (Phi) is 6.62. The molecule has 0 unspecified atom stereocenters. The van der Waals surface area contributed by atoms with Crippen LogP contribution >= 0.6 is 0 Å². The van der Waals surface area contributed by atoms with Crippen LogP contribution in [0.1, 0.15) is 5.56 Å². The second-order valence-corrected chi connectivity index (χ2v) is 3.43. The Morgan fingerprint density at radius 3 is 2.50 bits per heavy atom. The number of hydrogen-bond acceptors (Lipinski definition) is 5. The van der Waals surface area contributed by atoms with Gasteiger partial charge in [0.1, 0.15) is 6.61 Å². The number of hydrogen-bond donors (Lipinski definition) is 0. The topological polar surface area (TPSA) is 60.7 Å². The lowest BCUT2D eigenvalue weighted by atomic mass is 10.2. The lowest BCUT2D eigenvalue weighted by molar-refractivity contribution is 0.0540. The molecule has 0 spiro atoms. The molecule has 5 heteroatoms. The summed E-state index contributed by atoms with van der Waals surface area (Å²) in [6.07, 6.45) is 0. The summed E-state index contributed by atoms with van der Waals surface area (Å²) >= 11 is 0. The third kappa shape index (κ3) is 4.62. The highest BCUT2D eigenvalue weighted by molar-refractivity contribution is 5.46. The summed E-state index contributed by atoms with van der Waals surface area (Å²) in [5.41, 5.74) is 0.538. The van der Waals surface area contributed by atoms with E-state index in [1.165, 1.54) is 0 Å². The van der Waals surface area contributed by atoms with Gasteiger partial charge < -0.3 is 18.9 Å². The first-order valence-corrected chi connectivity index (χ1v) is 5.59. The molecule has 1 rings (SSSR count). The average molecular weight is 251 g/mol. The van der Waals surface area contributed by atoms with Crippen LogP contribution in [0.2, 0.25) is 0 Å². The Morgan fingerprint density at radius 2 is 1.83 bits per heavy atom. The van der Waals surface area contributed by atoms with Crippen molar-refractivity contribution in [3.63, 3.8) is 0 Å². The first-order chi connectivity index (χ1) is 8.81. The van der Waals surface area contributed by atoms with E-state index < -0.39 is 0 Å². The minimum atomic E-state index is 0.423. The second kappa shape index (κ2) is 8.34.